The van der Waals surface area contributed by atoms with E-state index in [1.54, 1.807) is 9.36 Å². The van der Waals surface area contributed by atoms with E-state index in [-0.39, 0.29) is 42.9 Å². The summed E-state index contributed by atoms with van der Waals surface area (Å²) in [4.78, 5) is 59.3. The summed E-state index contributed by atoms with van der Waals surface area (Å²) in [6, 6.07) is 18.4. The van der Waals surface area contributed by atoms with Crippen LogP contribution in [0, 0.1) is 24.2 Å². The third kappa shape index (κ3) is 15.4. The van der Waals surface area contributed by atoms with E-state index < -0.39 is 12.1 Å². The van der Waals surface area contributed by atoms with Gasteiger partial charge in [-0.1, -0.05) is 80.4 Å². The number of nitrogens with zero attached hydrogens (tertiary/aromatic N) is 13. The lowest BCUT2D eigenvalue weighted by atomic mass is 10.0. The van der Waals surface area contributed by atoms with Crippen molar-refractivity contribution in [1.29, 1.82) is 0 Å². The third-order valence-corrected chi connectivity index (χ3v) is 14.3. The lowest BCUT2D eigenvalue weighted by molar-refractivity contribution is -0.136. The quantitative estimate of drug-likeness (QED) is 0.0339. The fourth-order valence-electron chi connectivity index (χ4n) is 10.2. The van der Waals surface area contributed by atoms with E-state index in [0.29, 0.717) is 146 Å². The molecule has 2 aliphatic rings. The Balaban J connectivity index is 0.00000841. The van der Waals surface area contributed by atoms with Gasteiger partial charge in [0.1, 0.15) is 18.7 Å². The summed E-state index contributed by atoms with van der Waals surface area (Å²) in [5.41, 5.74) is 18.3. The second-order valence-electron chi connectivity index (χ2n) is 21.2. The molecule has 7 aromatic rings. The number of nitrogens with one attached hydrogen (secondary N) is 3. The molecule has 2 fully saturated rings. The van der Waals surface area contributed by atoms with E-state index in [1.807, 2.05) is 58.6 Å². The number of hydrogen-bond donors (Lipinski definition) is 5. The minimum Gasteiger partial charge on any atom is -0.377 e. The summed E-state index contributed by atoms with van der Waals surface area (Å²) < 4.78 is 20.0. The Kier molecular flexibility index (Phi) is 20.8. The van der Waals surface area contributed by atoms with Gasteiger partial charge in [-0.15, -0.1) is 29.0 Å². The monoisotopic (exact) mass is 1120 g/mol. The number of nitrogens with two attached hydrogens (primary N) is 2. The minimum atomic E-state index is -0.663. The summed E-state index contributed by atoms with van der Waals surface area (Å²) in [5.74, 6) is 4.39. The van der Waals surface area contributed by atoms with Gasteiger partial charge < -0.3 is 60.6 Å². The van der Waals surface area contributed by atoms with Crippen molar-refractivity contribution in [1.82, 2.24) is 64.7 Å². The number of carbonyl (C=O) groups excluding carboxylic acids is 2. The number of para-hydroxylation sites is 2. The molecule has 0 saturated carbocycles. The molecule has 0 bridgehead atoms. The van der Waals surface area contributed by atoms with Crippen molar-refractivity contribution < 1.29 is 23.8 Å². The first-order valence-electron chi connectivity index (χ1n) is 27.6. The predicted octanol–water partition coefficient (Wildman–Crippen LogP) is 4.89. The highest BCUT2D eigenvalue weighted by Gasteiger charge is 2.34. The molecule has 2 saturated heterocycles. The van der Waals surface area contributed by atoms with E-state index in [4.69, 9.17) is 47.1 Å². The molecule has 0 spiro atoms. The van der Waals surface area contributed by atoms with Crippen LogP contribution in [0.5, 0.6) is 0 Å². The van der Waals surface area contributed by atoms with Gasteiger partial charge in [0.05, 0.1) is 68.9 Å². The number of ether oxygens (including phenoxy) is 3. The molecule has 5 aromatic heterocycles. The summed E-state index contributed by atoms with van der Waals surface area (Å²) in [6.45, 7) is 14.8. The van der Waals surface area contributed by atoms with Gasteiger partial charge in [-0.25, -0.2) is 9.36 Å². The van der Waals surface area contributed by atoms with E-state index in [9.17, 15) is 9.59 Å². The molecule has 7 N–H and O–H groups in total. The minimum absolute atomic E-state index is 0. The molecular weight excluding hydrogens is 1040 g/mol. The van der Waals surface area contributed by atoms with E-state index in [2.05, 4.69) is 104 Å². The molecule has 0 radical (unpaired) electrons. The van der Waals surface area contributed by atoms with E-state index in [1.165, 1.54) is 0 Å². The first-order valence-corrected chi connectivity index (χ1v) is 27.6. The zero-order valence-electron chi connectivity index (χ0n) is 46.3. The first kappa shape index (κ1) is 58.9. The second kappa shape index (κ2) is 28.3. The fourth-order valence-corrected chi connectivity index (χ4v) is 10.2. The van der Waals surface area contributed by atoms with Crippen LogP contribution in [0.1, 0.15) is 87.5 Å². The number of aromatic amines is 2. The second-order valence-corrected chi connectivity index (χ2v) is 21.2. The van der Waals surface area contributed by atoms with Gasteiger partial charge in [0.25, 0.3) is 0 Å². The molecule has 428 valence electrons. The van der Waals surface area contributed by atoms with Crippen molar-refractivity contribution in [3.05, 3.63) is 95.8 Å². The SMILES string of the molecule is C#CCOCCOCCOCCNc1nc(N2CCN(C(=O)[C@H](Cc3cc4ccccc4[nH]3)n3cc([C@@H](N)CC(C)C)nn3)CC2)nc(N2CCN(C(=O)[C@H](Cc3cc4ccccc4[nH]3)n3cc([C@@H](N)CC(C)C)nn3)CC2)n1.Cl. The molecule has 2 amide bonds. The van der Waals surface area contributed by atoms with Crippen LogP contribution in [0.15, 0.2) is 73.1 Å². The molecule has 7 heterocycles. The highest BCUT2D eigenvalue weighted by Crippen LogP contribution is 2.28. The standard InChI is InChI=1S/C56H76N18O5.ClH/c1-6-24-77-26-28-79-29-27-78-25-15-59-54-62-55(71-20-16-69(17-21-71)52(75)50(34-42-32-40-11-7-9-13-46(40)60-42)73-36-48(65-67-73)44(57)30-38(2)3)64-56(63-54)72-22-18-70(19-23-72)53(76)51(35-43-33-41-12-8-10-14-47(41)61-43)74-37-49(66-68-74)45(58)31-39(4)5;/h1,7-14,32-33,36-39,44-45,50-51,60-61H,15-31,34-35,57-58H2,2-5H3,(H,59,62,63,64);1H/t44-,45-,50-,51-;/m0./s1. The summed E-state index contributed by atoms with van der Waals surface area (Å²) in [5, 5.41) is 23.4. The molecule has 2 aliphatic heterocycles. The van der Waals surface area contributed by atoms with Crippen LogP contribution in [0.4, 0.5) is 17.8 Å². The number of aromatic nitrogens is 11. The number of hydrogen-bond acceptors (Lipinski definition) is 17. The Morgan fingerprint density at radius 2 is 1.07 bits per heavy atom. The van der Waals surface area contributed by atoms with Crippen molar-refractivity contribution in [2.24, 2.45) is 23.3 Å². The van der Waals surface area contributed by atoms with Crippen LogP contribution in [0.2, 0.25) is 0 Å². The molecule has 24 heteroatoms. The average molecular weight is 1120 g/mol. The average Bonchev–Trinajstić information content (AvgIpc) is 4.30. The zero-order chi connectivity index (χ0) is 55.3. The molecule has 0 unspecified atom stereocenters. The lowest BCUT2D eigenvalue weighted by Gasteiger charge is -2.38. The van der Waals surface area contributed by atoms with Gasteiger partial charge in [0.15, 0.2) is 0 Å². The zero-order valence-corrected chi connectivity index (χ0v) is 47.1. The number of anilines is 3. The number of fused-ring (bicyclic) bond motifs is 2. The van der Waals surface area contributed by atoms with Crippen LogP contribution < -0.4 is 26.6 Å². The fraction of sp³-hybridized carbons (Fsp3) is 0.518. The number of rotatable bonds is 27. The van der Waals surface area contributed by atoms with E-state index in [0.717, 1.165) is 46.0 Å². The normalized spacial score (nSPS) is 15.6. The third-order valence-electron chi connectivity index (χ3n) is 14.3. The lowest BCUT2D eigenvalue weighted by Crippen LogP contribution is -2.52. The molecule has 0 aliphatic carbocycles. The van der Waals surface area contributed by atoms with Crippen molar-refractivity contribution in [2.75, 3.05) is 114 Å². The molecule has 80 heavy (non-hydrogen) atoms. The maximum atomic E-state index is 14.7. The number of amides is 2. The number of piperazine rings is 2. The summed E-state index contributed by atoms with van der Waals surface area (Å²) in [7, 11) is 0. The summed E-state index contributed by atoms with van der Waals surface area (Å²) >= 11 is 0. The number of carbonyl (C=O) groups is 2. The Morgan fingerprint density at radius 1 is 0.637 bits per heavy atom. The number of benzene rings is 2. The highest BCUT2D eigenvalue weighted by molar-refractivity contribution is 5.85. The topological polar surface area (TPSA) is 271 Å². The van der Waals surface area contributed by atoms with Crippen molar-refractivity contribution in [3.63, 3.8) is 0 Å². The molecule has 2 aromatic carbocycles. The number of halogens is 1. The van der Waals surface area contributed by atoms with E-state index >= 15 is 0 Å². The van der Waals surface area contributed by atoms with Crippen LogP contribution in [-0.4, -0.2) is 175 Å². The molecule has 23 nitrogen and oxygen atoms in total. The number of terminal acetylenes is 1. The maximum Gasteiger partial charge on any atom is 0.248 e. The largest absolute Gasteiger partial charge is 0.377 e. The Morgan fingerprint density at radius 3 is 1.51 bits per heavy atom. The van der Waals surface area contributed by atoms with Gasteiger partial charge in [0, 0.05) is 94.2 Å². The van der Waals surface area contributed by atoms with Crippen molar-refractivity contribution in [3.8, 4) is 12.3 Å². The Hall–Kier alpha value is -7.20. The van der Waals surface area contributed by atoms with Crippen LogP contribution in [-0.2, 0) is 36.6 Å². The van der Waals surface area contributed by atoms with Gasteiger partial charge in [-0.2, -0.15) is 15.0 Å². The van der Waals surface area contributed by atoms with Crippen LogP contribution >= 0.6 is 12.4 Å². The van der Waals surface area contributed by atoms with Gasteiger partial charge in [0.2, 0.25) is 29.7 Å². The Labute approximate surface area is 473 Å². The van der Waals surface area contributed by atoms with Crippen LogP contribution in [0.3, 0.4) is 0 Å². The molecule has 4 atom stereocenters. The highest BCUT2D eigenvalue weighted by atomic mass is 35.5. The Bertz CT molecular complexity index is 2870. The van der Waals surface area contributed by atoms with Crippen molar-refractivity contribution >= 4 is 63.9 Å². The van der Waals surface area contributed by atoms with Gasteiger partial charge in [-0.05, 0) is 59.7 Å². The maximum absolute atomic E-state index is 14.7. The summed E-state index contributed by atoms with van der Waals surface area (Å²) in [6.07, 6.45) is 11.2. The first-order chi connectivity index (χ1) is 38.4. The van der Waals surface area contributed by atoms with Crippen LogP contribution in [0.25, 0.3) is 21.8 Å². The van der Waals surface area contributed by atoms with Crippen molar-refractivity contribution in [2.45, 2.75) is 77.5 Å². The smallest absolute Gasteiger partial charge is 0.248 e. The molecule has 9 rings (SSSR count). The number of H-pyrrole nitrogens is 2. The predicted molar refractivity (Wildman–Crippen MR) is 309 cm³/mol. The van der Waals surface area contributed by atoms with Gasteiger partial charge >= 0.3 is 0 Å². The molecular formula is C56H77ClN18O5. The van der Waals surface area contributed by atoms with Gasteiger partial charge in [-0.3, -0.25) is 9.59 Å².